The Labute approximate surface area is 124 Å². The van der Waals surface area contributed by atoms with Crippen molar-refractivity contribution in [3.63, 3.8) is 0 Å². The molecule has 3 rings (SSSR count). The molecule has 1 aliphatic rings. The molecular weight excluding hydrogens is 264 g/mol. The highest BCUT2D eigenvalue weighted by Gasteiger charge is 2.23. The summed E-state index contributed by atoms with van der Waals surface area (Å²) in [6.45, 7) is 0. The monoisotopic (exact) mass is 282 g/mol. The zero-order chi connectivity index (χ0) is 14.5. The van der Waals surface area contributed by atoms with Gasteiger partial charge in [0.1, 0.15) is 6.10 Å². The first-order valence-electron chi connectivity index (χ1n) is 7.29. The van der Waals surface area contributed by atoms with Gasteiger partial charge in [0.15, 0.2) is 0 Å². The fourth-order valence-corrected chi connectivity index (χ4v) is 2.65. The lowest BCUT2D eigenvalue weighted by molar-refractivity contribution is 0.103. The Morgan fingerprint density at radius 1 is 1.14 bits per heavy atom. The summed E-state index contributed by atoms with van der Waals surface area (Å²) in [4.78, 5) is 16.5. The molecule has 2 aromatic rings. The van der Waals surface area contributed by atoms with E-state index >= 15 is 0 Å². The molecule has 0 spiro atoms. The predicted molar refractivity (Wildman–Crippen MR) is 81.1 cm³/mol. The molecule has 0 radical (unpaired) electrons. The highest BCUT2D eigenvalue weighted by Crippen LogP contribution is 2.30. The summed E-state index contributed by atoms with van der Waals surface area (Å²) >= 11 is 0. The number of carbonyl (C=O) groups excluding carboxylic acids is 1. The quantitative estimate of drug-likeness (QED) is 0.844. The number of aryl methyl sites for hydroxylation is 1. The van der Waals surface area contributed by atoms with E-state index in [-0.39, 0.29) is 6.10 Å². The summed E-state index contributed by atoms with van der Waals surface area (Å²) in [5.74, 6) is 0. The summed E-state index contributed by atoms with van der Waals surface area (Å²) in [6.07, 6.45) is 5.06. The van der Waals surface area contributed by atoms with Gasteiger partial charge in [-0.05, 0) is 49.4 Å². The third-order valence-electron chi connectivity index (χ3n) is 3.66. The first-order valence-corrected chi connectivity index (χ1v) is 7.29. The number of nitrogens with one attached hydrogen (secondary N) is 1. The maximum atomic E-state index is 12.0. The van der Waals surface area contributed by atoms with Gasteiger partial charge in [0.25, 0.3) is 0 Å². The summed E-state index contributed by atoms with van der Waals surface area (Å²) in [5, 5.41) is 2.75. The lowest BCUT2D eigenvalue weighted by Crippen LogP contribution is -2.18. The molecule has 1 amide bonds. The van der Waals surface area contributed by atoms with E-state index in [0.717, 1.165) is 37.1 Å². The van der Waals surface area contributed by atoms with Crippen molar-refractivity contribution in [2.45, 2.75) is 31.8 Å². The number of benzene rings is 1. The molecule has 0 bridgehead atoms. The first kappa shape index (κ1) is 13.6. The van der Waals surface area contributed by atoms with E-state index < -0.39 is 6.09 Å². The average molecular weight is 282 g/mol. The maximum Gasteiger partial charge on any atom is 0.412 e. The van der Waals surface area contributed by atoms with Crippen LogP contribution in [0.2, 0.25) is 0 Å². The fourth-order valence-electron chi connectivity index (χ4n) is 2.65. The second-order valence-electron chi connectivity index (χ2n) is 5.18. The van der Waals surface area contributed by atoms with Gasteiger partial charge in [-0.2, -0.15) is 0 Å². The number of aromatic nitrogens is 1. The Bertz CT molecular complexity index is 613. The molecule has 21 heavy (non-hydrogen) atoms. The van der Waals surface area contributed by atoms with Gasteiger partial charge in [-0.25, -0.2) is 4.79 Å². The minimum absolute atomic E-state index is 0.257. The van der Waals surface area contributed by atoms with E-state index in [2.05, 4.69) is 16.4 Å². The summed E-state index contributed by atoms with van der Waals surface area (Å²) in [7, 11) is 0. The third kappa shape index (κ3) is 3.40. The van der Waals surface area contributed by atoms with Crippen LogP contribution in [0.15, 0.2) is 48.7 Å². The second-order valence-corrected chi connectivity index (χ2v) is 5.18. The van der Waals surface area contributed by atoms with Crippen molar-refractivity contribution in [1.82, 2.24) is 4.98 Å². The molecular formula is C17H18N2O2. The van der Waals surface area contributed by atoms with Crippen molar-refractivity contribution in [1.29, 1.82) is 0 Å². The van der Waals surface area contributed by atoms with Crippen LogP contribution in [-0.4, -0.2) is 11.1 Å². The molecule has 1 aromatic carbocycles. The third-order valence-corrected chi connectivity index (χ3v) is 3.66. The molecule has 1 N–H and O–H groups in total. The molecule has 1 heterocycles. The van der Waals surface area contributed by atoms with Crippen LogP contribution in [0.4, 0.5) is 10.5 Å². The number of amides is 1. The van der Waals surface area contributed by atoms with Gasteiger partial charge >= 0.3 is 6.09 Å². The van der Waals surface area contributed by atoms with E-state index in [9.17, 15) is 4.79 Å². The Balaban J connectivity index is 1.71. The molecule has 0 aliphatic heterocycles. The second kappa shape index (κ2) is 6.39. The van der Waals surface area contributed by atoms with Gasteiger partial charge in [0, 0.05) is 11.9 Å². The molecule has 108 valence electrons. The smallest absolute Gasteiger partial charge is 0.412 e. The van der Waals surface area contributed by atoms with Crippen LogP contribution < -0.4 is 5.32 Å². The Morgan fingerprint density at radius 3 is 2.86 bits per heavy atom. The van der Waals surface area contributed by atoms with Crippen LogP contribution in [0.3, 0.4) is 0 Å². The number of ether oxygens (including phenoxy) is 1. The lowest BCUT2D eigenvalue weighted by Gasteiger charge is -2.17. The Hall–Kier alpha value is -2.36. The van der Waals surface area contributed by atoms with Gasteiger partial charge in [-0.15, -0.1) is 0 Å². The standard InChI is InChI=1S/C17H18N2O2/c20-17(19-14-9-2-1-3-10-14)21-15-11-5-4-7-13-8-6-12-18-16(13)15/h1-3,6,8-10,12,15H,4-5,7,11H2,(H,19,20)/t15-/m1/s1. The highest BCUT2D eigenvalue weighted by molar-refractivity contribution is 5.84. The number of para-hydroxylation sites is 1. The topological polar surface area (TPSA) is 51.2 Å². The van der Waals surface area contributed by atoms with Crippen molar-refractivity contribution in [2.75, 3.05) is 5.32 Å². The molecule has 0 fully saturated rings. The van der Waals surface area contributed by atoms with Crippen LogP contribution in [0.5, 0.6) is 0 Å². The SMILES string of the molecule is O=C(Nc1ccccc1)O[C@@H]1CCCCc2cccnc21. The van der Waals surface area contributed by atoms with Crippen LogP contribution in [0, 0.1) is 0 Å². The summed E-state index contributed by atoms with van der Waals surface area (Å²) in [6, 6.07) is 13.3. The van der Waals surface area contributed by atoms with Crippen LogP contribution >= 0.6 is 0 Å². The van der Waals surface area contributed by atoms with Crippen LogP contribution in [0.25, 0.3) is 0 Å². The van der Waals surface area contributed by atoms with Gasteiger partial charge in [-0.3, -0.25) is 10.3 Å². The molecule has 1 aromatic heterocycles. The minimum Gasteiger partial charge on any atom is -0.439 e. The molecule has 0 unspecified atom stereocenters. The van der Waals surface area contributed by atoms with Crippen molar-refractivity contribution < 1.29 is 9.53 Å². The van der Waals surface area contributed by atoms with Gasteiger partial charge < -0.3 is 4.74 Å². The summed E-state index contributed by atoms with van der Waals surface area (Å²) < 4.78 is 5.59. The molecule has 1 aliphatic carbocycles. The van der Waals surface area contributed by atoms with Crippen molar-refractivity contribution in [3.05, 3.63) is 59.9 Å². The fraction of sp³-hybridized carbons (Fsp3) is 0.294. The van der Waals surface area contributed by atoms with E-state index in [1.165, 1.54) is 5.56 Å². The zero-order valence-corrected chi connectivity index (χ0v) is 11.8. The number of rotatable bonds is 2. The van der Waals surface area contributed by atoms with Crippen LogP contribution in [0.1, 0.15) is 36.6 Å². The lowest BCUT2D eigenvalue weighted by atomic mass is 10.1. The highest BCUT2D eigenvalue weighted by atomic mass is 16.6. The molecule has 0 saturated heterocycles. The molecule has 4 heteroatoms. The number of hydrogen-bond acceptors (Lipinski definition) is 3. The van der Waals surface area contributed by atoms with Crippen LogP contribution in [-0.2, 0) is 11.2 Å². The van der Waals surface area contributed by atoms with E-state index in [4.69, 9.17) is 4.74 Å². The average Bonchev–Trinajstić information content (AvgIpc) is 2.71. The summed E-state index contributed by atoms with van der Waals surface area (Å²) in [5.41, 5.74) is 2.82. The van der Waals surface area contributed by atoms with Crippen molar-refractivity contribution in [2.24, 2.45) is 0 Å². The number of carbonyl (C=O) groups is 1. The number of pyridine rings is 1. The zero-order valence-electron chi connectivity index (χ0n) is 11.8. The van der Waals surface area contributed by atoms with E-state index in [0.29, 0.717) is 0 Å². The predicted octanol–water partition coefficient (Wildman–Crippen LogP) is 4.10. The van der Waals surface area contributed by atoms with Crippen molar-refractivity contribution in [3.8, 4) is 0 Å². The van der Waals surface area contributed by atoms with Crippen molar-refractivity contribution >= 4 is 11.8 Å². The molecule has 4 nitrogen and oxygen atoms in total. The molecule has 1 atom stereocenters. The number of fused-ring (bicyclic) bond motifs is 1. The number of hydrogen-bond donors (Lipinski definition) is 1. The number of anilines is 1. The van der Waals surface area contributed by atoms with Gasteiger partial charge in [0.05, 0.1) is 5.69 Å². The maximum absolute atomic E-state index is 12.0. The van der Waals surface area contributed by atoms with Gasteiger partial charge in [0.2, 0.25) is 0 Å². The Kier molecular flexibility index (Phi) is 4.15. The van der Waals surface area contributed by atoms with E-state index in [1.807, 2.05) is 36.4 Å². The van der Waals surface area contributed by atoms with Gasteiger partial charge in [-0.1, -0.05) is 24.3 Å². The number of nitrogens with zero attached hydrogens (tertiary/aromatic N) is 1. The first-order chi connectivity index (χ1) is 10.3. The molecule has 0 saturated carbocycles. The normalized spacial score (nSPS) is 17.4. The Morgan fingerprint density at radius 2 is 2.00 bits per heavy atom. The largest absolute Gasteiger partial charge is 0.439 e. The minimum atomic E-state index is -0.426. The van der Waals surface area contributed by atoms with E-state index in [1.54, 1.807) is 6.20 Å².